The number of carboxylic acids is 1. The lowest BCUT2D eigenvalue weighted by Gasteiger charge is -2.30. The summed E-state index contributed by atoms with van der Waals surface area (Å²) in [6, 6.07) is 0. The van der Waals surface area contributed by atoms with Gasteiger partial charge in [0.05, 0.1) is 11.2 Å². The number of aliphatic carboxylic acids is 1. The Kier molecular flexibility index (Phi) is 4.57. The molecule has 0 aromatic rings. The van der Waals surface area contributed by atoms with Crippen LogP contribution < -0.4 is 5.32 Å². The number of rotatable bonds is 6. The van der Waals surface area contributed by atoms with Crippen molar-refractivity contribution in [1.29, 1.82) is 0 Å². The lowest BCUT2D eigenvalue weighted by atomic mass is 9.97. The number of sulfonamides is 1. The van der Waals surface area contributed by atoms with Gasteiger partial charge in [-0.3, -0.25) is 9.59 Å². The SMILES string of the molecule is CCS(=O)(=O)N1CCC(C(=O)NCC2(C(=O)O)CC2)CC1. The summed E-state index contributed by atoms with van der Waals surface area (Å²) in [7, 11) is -3.18. The van der Waals surface area contributed by atoms with E-state index in [9.17, 15) is 18.0 Å². The predicted octanol–water partition coefficient (Wildman–Crippen LogP) is 0.0291. The lowest BCUT2D eigenvalue weighted by molar-refractivity contribution is -0.143. The van der Waals surface area contributed by atoms with E-state index in [0.29, 0.717) is 38.8 Å². The molecule has 0 unspecified atom stereocenters. The van der Waals surface area contributed by atoms with Gasteiger partial charge in [-0.05, 0) is 32.6 Å². The smallest absolute Gasteiger partial charge is 0.311 e. The summed E-state index contributed by atoms with van der Waals surface area (Å²) in [6.45, 7) is 2.50. The first kappa shape index (κ1) is 16.2. The van der Waals surface area contributed by atoms with Gasteiger partial charge in [0.2, 0.25) is 15.9 Å². The molecule has 120 valence electrons. The average Bonchev–Trinajstić information content (AvgIpc) is 3.26. The summed E-state index contributed by atoms with van der Waals surface area (Å²) in [5, 5.41) is 11.8. The Balaban J connectivity index is 1.80. The van der Waals surface area contributed by atoms with Crippen LogP contribution in [-0.4, -0.2) is 55.1 Å². The summed E-state index contributed by atoms with van der Waals surface area (Å²) >= 11 is 0. The maximum Gasteiger partial charge on any atom is 0.311 e. The summed E-state index contributed by atoms with van der Waals surface area (Å²) < 4.78 is 24.9. The monoisotopic (exact) mass is 318 g/mol. The van der Waals surface area contributed by atoms with Crippen LogP contribution in [0.1, 0.15) is 32.6 Å². The number of nitrogens with one attached hydrogen (secondary N) is 1. The van der Waals surface area contributed by atoms with Gasteiger partial charge in [0, 0.05) is 25.6 Å². The molecular weight excluding hydrogens is 296 g/mol. The number of amides is 1. The average molecular weight is 318 g/mol. The van der Waals surface area contributed by atoms with Crippen molar-refractivity contribution in [3.05, 3.63) is 0 Å². The van der Waals surface area contributed by atoms with E-state index in [4.69, 9.17) is 5.11 Å². The molecule has 1 saturated heterocycles. The summed E-state index contributed by atoms with van der Waals surface area (Å²) in [4.78, 5) is 23.1. The molecule has 0 atom stereocenters. The highest BCUT2D eigenvalue weighted by molar-refractivity contribution is 7.89. The Bertz CT molecular complexity index is 519. The molecule has 0 aromatic heterocycles. The Morgan fingerprint density at radius 1 is 1.29 bits per heavy atom. The van der Waals surface area contributed by atoms with Crippen LogP contribution in [0.5, 0.6) is 0 Å². The molecule has 0 radical (unpaired) electrons. The molecule has 1 amide bonds. The zero-order valence-electron chi connectivity index (χ0n) is 12.2. The molecule has 0 aromatic carbocycles. The van der Waals surface area contributed by atoms with E-state index in [-0.39, 0.29) is 24.1 Å². The maximum atomic E-state index is 12.0. The Morgan fingerprint density at radius 3 is 2.29 bits per heavy atom. The highest BCUT2D eigenvalue weighted by Gasteiger charge is 2.50. The molecular formula is C13H22N2O5S. The third-order valence-corrected chi connectivity index (χ3v) is 6.37. The molecule has 0 bridgehead atoms. The molecule has 1 aliphatic heterocycles. The second-order valence-corrected chi connectivity index (χ2v) is 8.13. The van der Waals surface area contributed by atoms with Crippen LogP contribution in [0.25, 0.3) is 0 Å². The van der Waals surface area contributed by atoms with Crippen LogP contribution in [0.15, 0.2) is 0 Å². The fourth-order valence-electron chi connectivity index (χ4n) is 2.60. The summed E-state index contributed by atoms with van der Waals surface area (Å²) in [5.41, 5.74) is -0.762. The maximum absolute atomic E-state index is 12.0. The molecule has 2 aliphatic rings. The van der Waals surface area contributed by atoms with Crippen LogP contribution in [0.2, 0.25) is 0 Å². The molecule has 2 N–H and O–H groups in total. The Labute approximate surface area is 124 Å². The molecule has 1 aliphatic carbocycles. The fraction of sp³-hybridized carbons (Fsp3) is 0.846. The van der Waals surface area contributed by atoms with Gasteiger partial charge in [-0.25, -0.2) is 12.7 Å². The van der Waals surface area contributed by atoms with E-state index in [0.717, 1.165) is 0 Å². The van der Waals surface area contributed by atoms with Gasteiger partial charge in [0.15, 0.2) is 0 Å². The van der Waals surface area contributed by atoms with E-state index < -0.39 is 21.4 Å². The van der Waals surface area contributed by atoms with Crippen LogP contribution in [0.4, 0.5) is 0 Å². The third kappa shape index (κ3) is 3.55. The van der Waals surface area contributed by atoms with Crippen LogP contribution >= 0.6 is 0 Å². The van der Waals surface area contributed by atoms with Gasteiger partial charge in [-0.15, -0.1) is 0 Å². The van der Waals surface area contributed by atoms with Gasteiger partial charge in [-0.1, -0.05) is 0 Å². The summed E-state index contributed by atoms with van der Waals surface area (Å²) in [5.74, 6) is -1.16. The largest absolute Gasteiger partial charge is 0.481 e. The van der Waals surface area contributed by atoms with Gasteiger partial charge in [0.25, 0.3) is 0 Å². The fourth-order valence-corrected chi connectivity index (χ4v) is 3.73. The van der Waals surface area contributed by atoms with Crippen molar-refractivity contribution in [2.75, 3.05) is 25.4 Å². The number of hydrogen-bond donors (Lipinski definition) is 2. The first-order valence-corrected chi connectivity index (χ1v) is 8.90. The lowest BCUT2D eigenvalue weighted by Crippen LogP contribution is -2.44. The van der Waals surface area contributed by atoms with Gasteiger partial charge in [-0.2, -0.15) is 0 Å². The normalized spacial score (nSPS) is 22.7. The van der Waals surface area contributed by atoms with Crippen molar-refractivity contribution < 1.29 is 23.1 Å². The topological polar surface area (TPSA) is 104 Å². The number of piperidine rings is 1. The van der Waals surface area contributed by atoms with Crippen LogP contribution in [0.3, 0.4) is 0 Å². The molecule has 1 heterocycles. The second kappa shape index (κ2) is 5.92. The highest BCUT2D eigenvalue weighted by Crippen LogP contribution is 2.45. The second-order valence-electron chi connectivity index (χ2n) is 5.88. The minimum absolute atomic E-state index is 0.0744. The van der Waals surface area contributed by atoms with E-state index >= 15 is 0 Å². The van der Waals surface area contributed by atoms with Gasteiger partial charge >= 0.3 is 5.97 Å². The first-order valence-electron chi connectivity index (χ1n) is 7.30. The van der Waals surface area contributed by atoms with Crippen LogP contribution in [-0.2, 0) is 19.6 Å². The number of carbonyl (C=O) groups is 2. The van der Waals surface area contributed by atoms with Gasteiger partial charge in [0.1, 0.15) is 0 Å². The van der Waals surface area contributed by atoms with Crippen molar-refractivity contribution in [2.24, 2.45) is 11.3 Å². The Morgan fingerprint density at radius 2 is 1.86 bits per heavy atom. The number of nitrogens with zero attached hydrogens (tertiary/aromatic N) is 1. The Hall–Kier alpha value is -1.15. The first-order chi connectivity index (χ1) is 9.81. The van der Waals surface area contributed by atoms with Crippen LogP contribution in [0, 0.1) is 11.3 Å². The van der Waals surface area contributed by atoms with Crippen molar-refractivity contribution >= 4 is 21.9 Å². The molecule has 2 fully saturated rings. The molecule has 7 nitrogen and oxygen atoms in total. The zero-order chi connectivity index (χ0) is 15.7. The minimum Gasteiger partial charge on any atom is -0.481 e. The molecule has 8 heteroatoms. The molecule has 2 rings (SSSR count). The quantitative estimate of drug-likeness (QED) is 0.719. The van der Waals surface area contributed by atoms with E-state index in [1.54, 1.807) is 6.92 Å². The standard InChI is InChI=1S/C13H22N2O5S/c1-2-21(19,20)15-7-3-10(4-8-15)11(16)14-9-13(5-6-13)12(17)18/h10H,2-9H2,1H3,(H,14,16)(H,17,18). The number of hydrogen-bond acceptors (Lipinski definition) is 4. The van der Waals surface area contributed by atoms with E-state index in [1.165, 1.54) is 4.31 Å². The van der Waals surface area contributed by atoms with E-state index in [2.05, 4.69) is 5.32 Å². The highest BCUT2D eigenvalue weighted by atomic mass is 32.2. The molecule has 21 heavy (non-hydrogen) atoms. The zero-order valence-corrected chi connectivity index (χ0v) is 13.0. The van der Waals surface area contributed by atoms with Crippen molar-refractivity contribution in [2.45, 2.75) is 32.6 Å². The molecule has 0 spiro atoms. The number of carbonyl (C=O) groups excluding carboxylic acids is 1. The minimum atomic E-state index is -3.18. The number of carboxylic acid groups (broad SMARTS) is 1. The van der Waals surface area contributed by atoms with Gasteiger partial charge < -0.3 is 10.4 Å². The third-order valence-electron chi connectivity index (χ3n) is 4.49. The predicted molar refractivity (Wildman–Crippen MR) is 76.1 cm³/mol. The van der Waals surface area contributed by atoms with Crippen molar-refractivity contribution in [1.82, 2.24) is 9.62 Å². The van der Waals surface area contributed by atoms with E-state index in [1.807, 2.05) is 0 Å². The van der Waals surface area contributed by atoms with Crippen molar-refractivity contribution in [3.8, 4) is 0 Å². The van der Waals surface area contributed by atoms with Crippen molar-refractivity contribution in [3.63, 3.8) is 0 Å². The summed E-state index contributed by atoms with van der Waals surface area (Å²) in [6.07, 6.45) is 2.20. The molecule has 1 saturated carbocycles.